The molecule has 0 bridgehead atoms. The van der Waals surface area contributed by atoms with Crippen molar-refractivity contribution in [1.29, 1.82) is 0 Å². The number of benzene rings is 2. The zero-order valence-electron chi connectivity index (χ0n) is 19.1. The molecule has 3 heterocycles. The fourth-order valence-electron chi connectivity index (χ4n) is 4.21. The van der Waals surface area contributed by atoms with Crippen molar-refractivity contribution in [2.75, 3.05) is 26.3 Å². The van der Waals surface area contributed by atoms with Gasteiger partial charge in [0.25, 0.3) is 5.56 Å². The molecular weight excluding hydrogens is 467 g/mol. The molecule has 0 saturated carbocycles. The topological polar surface area (TPSA) is 76.5 Å². The second-order valence-corrected chi connectivity index (χ2v) is 9.31. The minimum Gasteiger partial charge on any atom is -0.379 e. The van der Waals surface area contributed by atoms with Crippen LogP contribution in [0.25, 0.3) is 21.3 Å². The molecular formula is C26H25FN4O3S. The van der Waals surface area contributed by atoms with E-state index in [1.54, 1.807) is 12.1 Å². The maximum absolute atomic E-state index is 13.3. The molecule has 1 fully saturated rings. The fourth-order valence-corrected chi connectivity index (χ4v) is 5.12. The summed E-state index contributed by atoms with van der Waals surface area (Å²) in [6, 6.07) is 14.0. The van der Waals surface area contributed by atoms with Gasteiger partial charge in [-0.3, -0.25) is 19.1 Å². The van der Waals surface area contributed by atoms with E-state index in [0.717, 1.165) is 49.5 Å². The van der Waals surface area contributed by atoms with Crippen molar-refractivity contribution in [3.8, 4) is 11.1 Å². The molecule has 4 aromatic rings. The molecule has 2 aromatic carbocycles. The molecule has 0 spiro atoms. The molecule has 0 unspecified atom stereocenters. The first-order chi connectivity index (χ1) is 17.1. The van der Waals surface area contributed by atoms with Crippen LogP contribution in [0.5, 0.6) is 0 Å². The monoisotopic (exact) mass is 492 g/mol. The normalized spacial score (nSPS) is 14.3. The number of amides is 1. The zero-order valence-corrected chi connectivity index (χ0v) is 19.9. The highest BCUT2D eigenvalue weighted by atomic mass is 32.1. The van der Waals surface area contributed by atoms with Crippen molar-refractivity contribution >= 4 is 27.5 Å². The Morgan fingerprint density at radius 1 is 1.09 bits per heavy atom. The van der Waals surface area contributed by atoms with Gasteiger partial charge in [-0.15, -0.1) is 11.3 Å². The van der Waals surface area contributed by atoms with Gasteiger partial charge in [0, 0.05) is 37.1 Å². The second kappa shape index (κ2) is 10.5. The molecule has 0 aliphatic carbocycles. The maximum Gasteiger partial charge on any atom is 0.263 e. The van der Waals surface area contributed by atoms with Crippen molar-refractivity contribution in [1.82, 2.24) is 19.8 Å². The van der Waals surface area contributed by atoms with Crippen LogP contribution < -0.4 is 10.9 Å². The Labute approximate surface area is 205 Å². The van der Waals surface area contributed by atoms with Gasteiger partial charge in [-0.05, 0) is 28.8 Å². The van der Waals surface area contributed by atoms with Crippen LogP contribution in [0, 0.1) is 5.82 Å². The molecule has 7 nitrogen and oxygen atoms in total. The van der Waals surface area contributed by atoms with Gasteiger partial charge in [0.1, 0.15) is 17.2 Å². The summed E-state index contributed by atoms with van der Waals surface area (Å²) in [5, 5.41) is 5.21. The number of nitrogens with zero attached hydrogens (tertiary/aromatic N) is 3. The summed E-state index contributed by atoms with van der Waals surface area (Å²) in [5.41, 5.74) is 3.34. The number of aromatic nitrogens is 2. The van der Waals surface area contributed by atoms with Gasteiger partial charge in [-0.25, -0.2) is 9.37 Å². The Hall–Kier alpha value is -3.40. The van der Waals surface area contributed by atoms with Gasteiger partial charge in [-0.2, -0.15) is 0 Å². The van der Waals surface area contributed by atoms with Crippen LogP contribution in [0.2, 0.25) is 0 Å². The molecule has 1 saturated heterocycles. The summed E-state index contributed by atoms with van der Waals surface area (Å²) < 4.78 is 20.1. The lowest BCUT2D eigenvalue weighted by molar-refractivity contribution is -0.121. The van der Waals surface area contributed by atoms with Crippen LogP contribution in [-0.4, -0.2) is 46.7 Å². The summed E-state index contributed by atoms with van der Waals surface area (Å²) in [7, 11) is 0. The molecule has 5 rings (SSSR count). The average molecular weight is 493 g/mol. The number of ether oxygens (including phenoxy) is 1. The predicted octanol–water partition coefficient (Wildman–Crippen LogP) is 3.41. The van der Waals surface area contributed by atoms with Crippen molar-refractivity contribution in [3.05, 3.63) is 87.5 Å². The van der Waals surface area contributed by atoms with E-state index < -0.39 is 0 Å². The van der Waals surface area contributed by atoms with Crippen molar-refractivity contribution in [2.24, 2.45) is 0 Å². The minimum atomic E-state index is -0.341. The van der Waals surface area contributed by atoms with Crippen molar-refractivity contribution in [3.63, 3.8) is 0 Å². The van der Waals surface area contributed by atoms with Gasteiger partial charge in [0.15, 0.2) is 0 Å². The quantitative estimate of drug-likeness (QED) is 0.428. The maximum atomic E-state index is 13.3. The summed E-state index contributed by atoms with van der Waals surface area (Å²) in [6.07, 6.45) is 1.40. The van der Waals surface area contributed by atoms with Gasteiger partial charge < -0.3 is 10.1 Å². The molecule has 0 radical (unpaired) electrons. The second-order valence-electron chi connectivity index (χ2n) is 8.45. The molecule has 180 valence electrons. The van der Waals surface area contributed by atoms with Gasteiger partial charge >= 0.3 is 0 Å². The first kappa shape index (κ1) is 23.3. The smallest absolute Gasteiger partial charge is 0.263 e. The Morgan fingerprint density at radius 3 is 2.60 bits per heavy atom. The molecule has 0 atom stereocenters. The lowest BCUT2D eigenvalue weighted by Gasteiger charge is -2.27. The number of carbonyl (C=O) groups excluding carboxylic acids is 1. The third-order valence-corrected chi connectivity index (χ3v) is 7.01. The van der Waals surface area contributed by atoms with Crippen LogP contribution in [-0.2, 0) is 29.2 Å². The Morgan fingerprint density at radius 2 is 1.83 bits per heavy atom. The Balaban J connectivity index is 1.29. The summed E-state index contributed by atoms with van der Waals surface area (Å²) >= 11 is 1.35. The van der Waals surface area contributed by atoms with E-state index in [2.05, 4.69) is 21.3 Å². The summed E-state index contributed by atoms with van der Waals surface area (Å²) in [4.78, 5) is 33.2. The van der Waals surface area contributed by atoms with Crippen LogP contribution in [0.15, 0.2) is 65.0 Å². The molecule has 1 amide bonds. The number of halogens is 1. The first-order valence-corrected chi connectivity index (χ1v) is 12.3. The predicted molar refractivity (Wildman–Crippen MR) is 134 cm³/mol. The Kier molecular flexibility index (Phi) is 6.98. The third kappa shape index (κ3) is 5.32. The van der Waals surface area contributed by atoms with Gasteiger partial charge in [0.05, 0.1) is 24.9 Å². The molecule has 1 aliphatic rings. The van der Waals surface area contributed by atoms with Crippen LogP contribution in [0.3, 0.4) is 0 Å². The number of rotatable bonds is 7. The zero-order chi connectivity index (χ0) is 24.2. The highest BCUT2D eigenvalue weighted by Gasteiger charge is 2.16. The highest BCUT2D eigenvalue weighted by Crippen LogP contribution is 2.30. The number of hydrogen-bond acceptors (Lipinski definition) is 6. The third-order valence-electron chi connectivity index (χ3n) is 6.12. The first-order valence-electron chi connectivity index (χ1n) is 11.4. The molecule has 1 aliphatic heterocycles. The lowest BCUT2D eigenvalue weighted by Crippen LogP contribution is -2.36. The van der Waals surface area contributed by atoms with E-state index >= 15 is 0 Å². The van der Waals surface area contributed by atoms with Gasteiger partial charge in [0.2, 0.25) is 5.91 Å². The number of morpholine rings is 1. The molecule has 2 aromatic heterocycles. The van der Waals surface area contributed by atoms with E-state index in [-0.39, 0.29) is 23.8 Å². The number of hydrogen-bond donors (Lipinski definition) is 1. The van der Waals surface area contributed by atoms with Crippen molar-refractivity contribution in [2.45, 2.75) is 19.6 Å². The van der Waals surface area contributed by atoms with E-state index in [1.165, 1.54) is 34.4 Å². The van der Waals surface area contributed by atoms with E-state index in [4.69, 9.17) is 4.74 Å². The molecule has 1 N–H and O–H groups in total. The fraction of sp³-hybridized carbons (Fsp3) is 0.269. The van der Waals surface area contributed by atoms with Crippen LogP contribution in [0.1, 0.15) is 11.1 Å². The van der Waals surface area contributed by atoms with E-state index in [9.17, 15) is 14.0 Å². The summed E-state index contributed by atoms with van der Waals surface area (Å²) in [5.74, 6) is -0.611. The van der Waals surface area contributed by atoms with Gasteiger partial charge in [-0.1, -0.05) is 36.4 Å². The minimum absolute atomic E-state index is 0.133. The highest BCUT2D eigenvalue weighted by molar-refractivity contribution is 7.17. The molecule has 9 heteroatoms. The average Bonchev–Trinajstić information content (AvgIpc) is 3.31. The molecule has 35 heavy (non-hydrogen) atoms. The Bertz CT molecular complexity index is 1390. The SMILES string of the molecule is O=C(Cn1cnc2scc(-c3ccc(F)cc3)c2c1=O)NCc1ccccc1CN1CCOCC1. The number of carbonyl (C=O) groups is 1. The van der Waals surface area contributed by atoms with Crippen molar-refractivity contribution < 1.29 is 13.9 Å². The standard InChI is InChI=1S/C26H25FN4O3S/c27-21-7-5-18(6-8-21)22-16-35-25-24(22)26(33)31(17-29-25)15-23(32)28-13-19-3-1-2-4-20(19)14-30-9-11-34-12-10-30/h1-8,16-17H,9-15H2,(H,28,32). The van der Waals surface area contributed by atoms with E-state index in [1.807, 2.05) is 23.6 Å². The number of thiophene rings is 1. The van der Waals surface area contributed by atoms with Crippen LogP contribution in [0.4, 0.5) is 4.39 Å². The lowest BCUT2D eigenvalue weighted by atomic mass is 10.1. The van der Waals surface area contributed by atoms with E-state index in [0.29, 0.717) is 22.3 Å². The largest absolute Gasteiger partial charge is 0.379 e. The number of fused-ring (bicyclic) bond motifs is 1. The summed E-state index contributed by atoms with van der Waals surface area (Å²) in [6.45, 7) is 4.30. The van der Waals surface area contributed by atoms with Crippen LogP contribution >= 0.6 is 11.3 Å². The number of nitrogens with one attached hydrogen (secondary N) is 1.